The molecule has 0 radical (unpaired) electrons. The number of carbonyl (C=O) groups excluding carboxylic acids is 2. The Morgan fingerprint density at radius 1 is 0.271 bits per heavy atom. The van der Waals surface area contributed by atoms with Gasteiger partial charge in [0.15, 0.2) is 0 Å². The van der Waals surface area contributed by atoms with Crippen molar-refractivity contribution in [3.63, 3.8) is 0 Å². The van der Waals surface area contributed by atoms with Crippen molar-refractivity contribution in [2.24, 2.45) is 0 Å². The summed E-state index contributed by atoms with van der Waals surface area (Å²) in [5.41, 5.74) is 0. The number of esters is 2. The first-order chi connectivity index (χ1) is 23.7. The predicted octanol–water partition coefficient (Wildman–Crippen LogP) is -0.0617. The molecule has 0 fully saturated rings. The summed E-state index contributed by atoms with van der Waals surface area (Å²) in [6.45, 7) is 11.4. The molecule has 0 aliphatic heterocycles. The van der Waals surface area contributed by atoms with E-state index in [9.17, 15) is 9.59 Å². The van der Waals surface area contributed by atoms with Crippen molar-refractivity contribution >= 4 is 11.9 Å². The van der Waals surface area contributed by atoms with Crippen molar-refractivity contribution in [3.05, 3.63) is 0 Å². The second-order valence-corrected chi connectivity index (χ2v) is 9.30. The molecule has 0 aromatic carbocycles. The number of hydrogen-bond donors (Lipinski definition) is 0. The Kier molecular flexibility index (Phi) is 40.2. The van der Waals surface area contributed by atoms with Crippen LogP contribution in [0.2, 0.25) is 0 Å². The van der Waals surface area contributed by atoms with Gasteiger partial charge in [-0.25, -0.2) is 4.79 Å². The molecular weight excluding hydrogens is 644 g/mol. The van der Waals surface area contributed by atoms with E-state index in [2.05, 4.69) is 9.47 Å². The lowest BCUT2D eigenvalue weighted by Crippen LogP contribution is -2.16. The molecule has 0 unspecified atom stereocenters. The summed E-state index contributed by atoms with van der Waals surface area (Å²) in [5, 5.41) is 0. The SMILES string of the molecule is COC(=O)CCOCCOCCOCCOCCOCCOCCOCCOCCOCCOCCOCCOCCOCC(=O)OC. The lowest BCUT2D eigenvalue weighted by Gasteiger charge is -2.09. The number of methoxy groups -OCH3 is 2. The summed E-state index contributed by atoms with van der Waals surface area (Å²) in [5.74, 6) is -0.702. The Balaban J connectivity index is 3.07. The van der Waals surface area contributed by atoms with Crippen molar-refractivity contribution < 1.29 is 80.6 Å². The normalized spacial score (nSPS) is 11.3. The highest BCUT2D eigenvalue weighted by Gasteiger charge is 2.01. The molecule has 0 saturated heterocycles. The molecule has 0 atom stereocenters. The van der Waals surface area contributed by atoms with E-state index < -0.39 is 5.97 Å². The van der Waals surface area contributed by atoms with Crippen LogP contribution in [0, 0.1) is 0 Å². The van der Waals surface area contributed by atoms with Crippen LogP contribution in [0.4, 0.5) is 0 Å². The Hall–Kier alpha value is -1.58. The van der Waals surface area contributed by atoms with E-state index in [4.69, 9.17) is 61.6 Å². The molecule has 17 heteroatoms. The van der Waals surface area contributed by atoms with Gasteiger partial charge in [0.2, 0.25) is 0 Å². The summed E-state index contributed by atoms with van der Waals surface area (Å²) in [4.78, 5) is 21.8. The summed E-state index contributed by atoms with van der Waals surface area (Å²) >= 11 is 0. The fourth-order valence-corrected chi connectivity index (χ4v) is 3.11. The fourth-order valence-electron chi connectivity index (χ4n) is 3.11. The summed E-state index contributed by atoms with van der Waals surface area (Å²) < 4.78 is 79.0. The third-order valence-electron chi connectivity index (χ3n) is 5.59. The summed E-state index contributed by atoms with van der Waals surface area (Å²) in [7, 11) is 2.66. The van der Waals surface area contributed by atoms with Crippen molar-refractivity contribution in [2.75, 3.05) is 186 Å². The minimum absolute atomic E-state index is 0.0749. The molecule has 0 rings (SSSR count). The van der Waals surface area contributed by atoms with Crippen LogP contribution in [0.25, 0.3) is 0 Å². The summed E-state index contributed by atoms with van der Waals surface area (Å²) in [6, 6.07) is 0. The first-order valence-electron chi connectivity index (χ1n) is 16.3. The molecule has 0 heterocycles. The van der Waals surface area contributed by atoms with Crippen molar-refractivity contribution in [1.29, 1.82) is 0 Å². The van der Waals surface area contributed by atoms with Crippen LogP contribution in [0.3, 0.4) is 0 Å². The molecule has 0 aromatic rings. The number of rotatable bonds is 41. The first kappa shape index (κ1) is 46.4. The van der Waals surface area contributed by atoms with Crippen molar-refractivity contribution in [1.82, 2.24) is 0 Å². The smallest absolute Gasteiger partial charge is 0.331 e. The highest BCUT2D eigenvalue weighted by Crippen LogP contribution is 1.89. The maximum Gasteiger partial charge on any atom is 0.331 e. The van der Waals surface area contributed by atoms with E-state index in [0.29, 0.717) is 165 Å². The molecule has 0 spiro atoms. The van der Waals surface area contributed by atoms with Gasteiger partial charge < -0.3 is 71.1 Å². The fraction of sp³-hybridized carbons (Fsp3) is 0.935. The maximum absolute atomic E-state index is 10.9. The zero-order chi connectivity index (χ0) is 34.9. The molecule has 0 aliphatic carbocycles. The van der Waals surface area contributed by atoms with Gasteiger partial charge >= 0.3 is 11.9 Å². The van der Waals surface area contributed by atoms with Crippen LogP contribution in [-0.4, -0.2) is 198 Å². The lowest BCUT2D eigenvalue weighted by molar-refractivity contribution is -0.146. The lowest BCUT2D eigenvalue weighted by atomic mass is 10.5. The average Bonchev–Trinajstić information content (AvgIpc) is 3.10. The van der Waals surface area contributed by atoms with Gasteiger partial charge in [0, 0.05) is 0 Å². The van der Waals surface area contributed by atoms with Crippen LogP contribution in [0.5, 0.6) is 0 Å². The standard InChI is InChI=1S/C31H60O17/c1-34-30(32)3-4-36-5-6-37-7-8-38-9-10-39-11-12-40-13-14-41-15-16-42-17-18-43-19-20-44-21-22-45-23-24-46-25-26-47-27-28-48-29-31(33)35-2/h3-29H2,1-2H3. The molecule has 17 nitrogen and oxygen atoms in total. The van der Waals surface area contributed by atoms with Gasteiger partial charge in [-0.3, -0.25) is 4.79 Å². The monoisotopic (exact) mass is 704 g/mol. The Morgan fingerprint density at radius 3 is 0.667 bits per heavy atom. The van der Waals surface area contributed by atoms with Crippen LogP contribution < -0.4 is 0 Å². The van der Waals surface area contributed by atoms with Crippen LogP contribution in [0.15, 0.2) is 0 Å². The van der Waals surface area contributed by atoms with E-state index in [1.807, 2.05) is 0 Å². The maximum atomic E-state index is 10.9. The van der Waals surface area contributed by atoms with E-state index in [0.717, 1.165) is 0 Å². The van der Waals surface area contributed by atoms with E-state index >= 15 is 0 Å². The Bertz CT molecular complexity index is 605. The van der Waals surface area contributed by atoms with Gasteiger partial charge in [-0.1, -0.05) is 0 Å². The van der Waals surface area contributed by atoms with Gasteiger partial charge in [-0.05, 0) is 0 Å². The topological polar surface area (TPSA) is 173 Å². The molecule has 48 heavy (non-hydrogen) atoms. The van der Waals surface area contributed by atoms with E-state index in [1.54, 1.807) is 0 Å². The molecule has 0 bridgehead atoms. The zero-order valence-electron chi connectivity index (χ0n) is 29.0. The molecule has 0 aliphatic rings. The number of hydrogen-bond acceptors (Lipinski definition) is 17. The third kappa shape index (κ3) is 40.6. The van der Waals surface area contributed by atoms with Crippen molar-refractivity contribution in [3.8, 4) is 0 Å². The van der Waals surface area contributed by atoms with Gasteiger partial charge in [0.05, 0.1) is 186 Å². The molecule has 0 amide bonds. The number of ether oxygens (including phenoxy) is 15. The molecule has 0 aromatic heterocycles. The van der Waals surface area contributed by atoms with Gasteiger partial charge in [-0.2, -0.15) is 0 Å². The van der Waals surface area contributed by atoms with Crippen LogP contribution in [0.1, 0.15) is 6.42 Å². The third-order valence-corrected chi connectivity index (χ3v) is 5.59. The van der Waals surface area contributed by atoms with Crippen molar-refractivity contribution in [2.45, 2.75) is 6.42 Å². The highest BCUT2D eigenvalue weighted by molar-refractivity contribution is 5.70. The minimum Gasteiger partial charge on any atom is -0.469 e. The number of carbonyl (C=O) groups is 2. The van der Waals surface area contributed by atoms with Gasteiger partial charge in [-0.15, -0.1) is 0 Å². The van der Waals surface area contributed by atoms with E-state index in [-0.39, 0.29) is 19.0 Å². The second kappa shape index (κ2) is 41.6. The quantitative estimate of drug-likeness (QED) is 0.0611. The molecular formula is C31H60O17. The van der Waals surface area contributed by atoms with Crippen LogP contribution >= 0.6 is 0 Å². The average molecular weight is 705 g/mol. The highest BCUT2D eigenvalue weighted by atomic mass is 16.6. The predicted molar refractivity (Wildman–Crippen MR) is 169 cm³/mol. The van der Waals surface area contributed by atoms with Gasteiger partial charge in [0.1, 0.15) is 6.61 Å². The van der Waals surface area contributed by atoms with Crippen LogP contribution in [-0.2, 0) is 80.6 Å². The second-order valence-electron chi connectivity index (χ2n) is 9.30. The van der Waals surface area contributed by atoms with E-state index in [1.165, 1.54) is 14.2 Å². The summed E-state index contributed by atoms with van der Waals surface area (Å²) in [6.07, 6.45) is 0.240. The molecule has 0 saturated carbocycles. The Labute approximate surface area is 285 Å². The molecule has 286 valence electrons. The zero-order valence-corrected chi connectivity index (χ0v) is 29.0. The Morgan fingerprint density at radius 2 is 0.458 bits per heavy atom. The molecule has 0 N–H and O–H groups in total. The first-order valence-corrected chi connectivity index (χ1v) is 16.3. The largest absolute Gasteiger partial charge is 0.469 e. The minimum atomic E-state index is -0.412. The van der Waals surface area contributed by atoms with Gasteiger partial charge in [0.25, 0.3) is 0 Å².